The molecule has 1 heterocycles. The monoisotopic (exact) mass is 288 g/mol. The second-order valence-corrected chi connectivity index (χ2v) is 4.73. The summed E-state index contributed by atoms with van der Waals surface area (Å²) in [5.41, 5.74) is 3.57. The first-order chi connectivity index (χ1) is 10.8. The first-order valence-corrected chi connectivity index (χ1v) is 6.88. The van der Waals surface area contributed by atoms with Crippen LogP contribution < -0.4 is 4.74 Å². The van der Waals surface area contributed by atoms with Crippen molar-refractivity contribution in [1.82, 2.24) is 4.98 Å². The van der Waals surface area contributed by atoms with Crippen LogP contribution in [0.25, 0.3) is 27.4 Å². The molecule has 0 aliphatic heterocycles. The molecule has 0 atom stereocenters. The van der Waals surface area contributed by atoms with E-state index in [9.17, 15) is 5.39 Å². The molecule has 0 amide bonds. The molecule has 4 nitrogen and oxygen atoms in total. The Morgan fingerprint density at radius 1 is 0.909 bits per heavy atom. The van der Waals surface area contributed by atoms with Crippen molar-refractivity contribution >= 4 is 5.69 Å². The van der Waals surface area contributed by atoms with Crippen molar-refractivity contribution in [3.8, 4) is 28.1 Å². The number of benzene rings is 2. The molecule has 4 heteroatoms. The third kappa shape index (κ3) is 2.40. The minimum Gasteiger partial charge on any atom is -0.488 e. The average molecular weight is 288 g/mol. The molecule has 0 spiro atoms. The third-order valence-electron chi connectivity index (χ3n) is 3.44. The summed E-state index contributed by atoms with van der Waals surface area (Å²) in [6.07, 6.45) is 1.70. The summed E-state index contributed by atoms with van der Waals surface area (Å²) in [6, 6.07) is 19.3. The van der Waals surface area contributed by atoms with Gasteiger partial charge in [-0.25, -0.2) is 0 Å². The third-order valence-corrected chi connectivity index (χ3v) is 3.44. The van der Waals surface area contributed by atoms with Crippen LogP contribution in [-0.2, 0) is 0 Å². The first kappa shape index (κ1) is 13.8. The lowest BCUT2D eigenvalue weighted by atomic mass is 10.0. The summed E-state index contributed by atoms with van der Waals surface area (Å²) in [4.78, 5) is 7.95. The van der Waals surface area contributed by atoms with E-state index in [0.29, 0.717) is 17.1 Å². The fraction of sp³-hybridized carbons (Fsp3) is 0.0556. The number of methoxy groups -OCH3 is 1. The molecule has 0 unspecified atom stereocenters. The normalized spacial score (nSPS) is 10.0. The van der Waals surface area contributed by atoms with Gasteiger partial charge in [-0.3, -0.25) is 4.98 Å². The number of pyridine rings is 1. The van der Waals surface area contributed by atoms with Gasteiger partial charge < -0.3 is 4.74 Å². The molecule has 3 aromatic rings. The van der Waals surface area contributed by atoms with Crippen molar-refractivity contribution in [2.45, 2.75) is 0 Å². The first-order valence-electron chi connectivity index (χ1n) is 6.88. The Labute approximate surface area is 128 Å². The van der Waals surface area contributed by atoms with E-state index >= 15 is 0 Å². The lowest BCUT2D eigenvalue weighted by molar-refractivity contribution is 0.417. The van der Waals surface area contributed by atoms with E-state index in [2.05, 4.69) is 9.96 Å². The van der Waals surface area contributed by atoms with E-state index in [1.165, 1.54) is 0 Å². The number of rotatable bonds is 3. The van der Waals surface area contributed by atoms with E-state index in [1.807, 2.05) is 60.7 Å². The predicted molar refractivity (Wildman–Crippen MR) is 86.4 cm³/mol. The van der Waals surface area contributed by atoms with Crippen molar-refractivity contribution in [2.24, 2.45) is 0 Å². The number of aromatic nitrogens is 1. The Bertz CT molecular complexity index is 824. The highest BCUT2D eigenvalue weighted by molar-refractivity contribution is 5.87. The summed E-state index contributed by atoms with van der Waals surface area (Å²) in [5, 5.41) is 9.48. The van der Waals surface area contributed by atoms with E-state index in [1.54, 1.807) is 13.3 Å². The van der Waals surface area contributed by atoms with Crippen LogP contribution in [0.5, 0.6) is 5.75 Å². The van der Waals surface area contributed by atoms with Crippen LogP contribution in [-0.4, -0.2) is 12.1 Å². The number of diazo groups is 1. The van der Waals surface area contributed by atoms with Crippen LogP contribution in [0.3, 0.4) is 0 Å². The minimum atomic E-state index is 0.377. The molecule has 0 saturated heterocycles. The quantitative estimate of drug-likeness (QED) is 0.643. The van der Waals surface area contributed by atoms with Gasteiger partial charge in [0.2, 0.25) is 11.1 Å². The summed E-state index contributed by atoms with van der Waals surface area (Å²) in [7, 11) is 1.55. The summed E-state index contributed by atoms with van der Waals surface area (Å²) in [6.45, 7) is 0. The highest BCUT2D eigenvalue weighted by Gasteiger charge is 2.27. The second kappa shape index (κ2) is 6.06. The zero-order valence-corrected chi connectivity index (χ0v) is 12.1. The van der Waals surface area contributed by atoms with Gasteiger partial charge in [-0.15, -0.1) is 0 Å². The average Bonchev–Trinajstić information content (AvgIpc) is 2.61. The molecule has 1 aromatic heterocycles. The molecule has 0 bridgehead atoms. The highest BCUT2D eigenvalue weighted by Crippen LogP contribution is 2.43. The molecular formula is C18H14N3O+. The molecule has 0 aliphatic carbocycles. The van der Waals surface area contributed by atoms with Crippen molar-refractivity contribution in [2.75, 3.05) is 7.11 Å². The molecular weight excluding hydrogens is 274 g/mol. The molecule has 0 N–H and O–H groups in total. The molecule has 0 radical (unpaired) electrons. The molecule has 22 heavy (non-hydrogen) atoms. The maximum Gasteiger partial charge on any atom is 0.437 e. The number of hydrogen-bond acceptors (Lipinski definition) is 3. The maximum atomic E-state index is 9.48. The summed E-state index contributed by atoms with van der Waals surface area (Å²) in [5.74, 6) is 0.454. The molecule has 0 aliphatic rings. The Balaban J connectivity index is 2.24. The van der Waals surface area contributed by atoms with Crippen LogP contribution in [0.15, 0.2) is 66.9 Å². The van der Waals surface area contributed by atoms with Gasteiger partial charge in [0, 0.05) is 11.8 Å². The topological polar surface area (TPSA) is 50.3 Å². The summed E-state index contributed by atoms with van der Waals surface area (Å²) < 4.78 is 5.47. The Morgan fingerprint density at radius 3 is 2.05 bits per heavy atom. The van der Waals surface area contributed by atoms with E-state index in [0.717, 1.165) is 16.7 Å². The van der Waals surface area contributed by atoms with E-state index in [-0.39, 0.29) is 0 Å². The van der Waals surface area contributed by atoms with E-state index < -0.39 is 0 Å². The summed E-state index contributed by atoms with van der Waals surface area (Å²) >= 11 is 0. The number of ether oxygens (including phenoxy) is 1. The van der Waals surface area contributed by atoms with Crippen molar-refractivity contribution in [3.05, 3.63) is 71.8 Å². The van der Waals surface area contributed by atoms with Gasteiger partial charge >= 0.3 is 5.69 Å². The fourth-order valence-electron chi connectivity index (χ4n) is 2.41. The maximum absolute atomic E-state index is 9.48. The molecule has 0 fully saturated rings. The lowest BCUT2D eigenvalue weighted by Gasteiger charge is -2.07. The number of nitrogens with zero attached hydrogens (tertiary/aromatic N) is 3. The highest BCUT2D eigenvalue weighted by atomic mass is 16.5. The van der Waals surface area contributed by atoms with Crippen molar-refractivity contribution < 1.29 is 4.74 Å². The van der Waals surface area contributed by atoms with Gasteiger partial charge in [0.1, 0.15) is 5.69 Å². The van der Waals surface area contributed by atoms with Gasteiger partial charge in [-0.2, -0.15) is 0 Å². The van der Waals surface area contributed by atoms with Gasteiger partial charge in [0.05, 0.1) is 12.7 Å². The van der Waals surface area contributed by atoms with Gasteiger partial charge in [0.25, 0.3) is 0 Å². The Kier molecular flexibility index (Phi) is 3.80. The van der Waals surface area contributed by atoms with Crippen molar-refractivity contribution in [3.63, 3.8) is 0 Å². The minimum absolute atomic E-state index is 0.377. The Hall–Kier alpha value is -3.19. The second-order valence-electron chi connectivity index (χ2n) is 4.73. The smallest absolute Gasteiger partial charge is 0.437 e. The standard InChI is InChI=1S/C18H14N3O/c1-22-18-16(14-10-6-3-7-11-14)20-12-15(17(18)21-19)13-8-4-2-5-9-13/h2-12H,1H3/q+1. The molecule has 106 valence electrons. The van der Waals surface area contributed by atoms with Gasteiger partial charge in [0.15, 0.2) is 4.98 Å². The fourth-order valence-corrected chi connectivity index (χ4v) is 2.41. The SMILES string of the molecule is COc1c(-c2ccccc2)ncc(-c2ccccc2)c1[N+]#N. The zero-order valence-electron chi connectivity index (χ0n) is 12.1. The molecule has 0 saturated carbocycles. The Morgan fingerprint density at radius 2 is 1.50 bits per heavy atom. The van der Waals surface area contributed by atoms with E-state index in [4.69, 9.17) is 4.74 Å². The largest absolute Gasteiger partial charge is 0.488 e. The van der Waals surface area contributed by atoms with Gasteiger partial charge in [-0.1, -0.05) is 60.7 Å². The van der Waals surface area contributed by atoms with Crippen LogP contribution in [0.1, 0.15) is 0 Å². The number of hydrogen-bond donors (Lipinski definition) is 0. The van der Waals surface area contributed by atoms with Crippen LogP contribution in [0, 0.1) is 5.39 Å². The zero-order chi connectivity index (χ0) is 15.4. The van der Waals surface area contributed by atoms with Crippen LogP contribution in [0.2, 0.25) is 0 Å². The molecule has 3 rings (SSSR count). The lowest BCUT2D eigenvalue weighted by Crippen LogP contribution is -1.93. The molecule has 2 aromatic carbocycles. The predicted octanol–water partition coefficient (Wildman–Crippen LogP) is 4.91. The van der Waals surface area contributed by atoms with Crippen LogP contribution in [0.4, 0.5) is 5.69 Å². The van der Waals surface area contributed by atoms with Crippen molar-refractivity contribution in [1.29, 1.82) is 5.39 Å². The van der Waals surface area contributed by atoms with Gasteiger partial charge in [-0.05, 0) is 5.56 Å². The van der Waals surface area contributed by atoms with Crippen LogP contribution >= 0.6 is 0 Å².